The first-order valence-electron chi connectivity index (χ1n) is 11.9. The minimum atomic E-state index is -3.49. The Bertz CT molecular complexity index is 1100. The number of likely N-dealkylation sites (tertiary alicyclic amines) is 1. The van der Waals surface area contributed by atoms with Crippen molar-refractivity contribution in [3.63, 3.8) is 0 Å². The molecule has 1 aliphatic rings. The summed E-state index contributed by atoms with van der Waals surface area (Å²) < 4.78 is 26.1. The van der Waals surface area contributed by atoms with Gasteiger partial charge in [0.25, 0.3) is 5.91 Å². The van der Waals surface area contributed by atoms with Crippen LogP contribution in [0.3, 0.4) is 0 Å². The summed E-state index contributed by atoms with van der Waals surface area (Å²) in [5.41, 5.74) is 3.55. The number of aryl methyl sites for hydroxylation is 2. The van der Waals surface area contributed by atoms with Crippen LogP contribution in [0, 0.1) is 13.8 Å². The van der Waals surface area contributed by atoms with Gasteiger partial charge in [0.05, 0.1) is 23.2 Å². The van der Waals surface area contributed by atoms with Crippen LogP contribution < -0.4 is 9.62 Å². The van der Waals surface area contributed by atoms with E-state index in [0.29, 0.717) is 23.4 Å². The zero-order valence-corrected chi connectivity index (χ0v) is 21.2. The van der Waals surface area contributed by atoms with Gasteiger partial charge in [-0.05, 0) is 68.5 Å². The Balaban J connectivity index is 1.64. The molecule has 0 radical (unpaired) electrons. The van der Waals surface area contributed by atoms with Crippen molar-refractivity contribution in [2.75, 3.05) is 35.5 Å². The van der Waals surface area contributed by atoms with Crippen molar-refractivity contribution in [3.05, 3.63) is 59.2 Å². The van der Waals surface area contributed by atoms with E-state index in [0.717, 1.165) is 49.9 Å². The first-order valence-corrected chi connectivity index (χ1v) is 13.7. The van der Waals surface area contributed by atoms with Gasteiger partial charge in [-0.1, -0.05) is 31.0 Å². The molecule has 0 bridgehead atoms. The van der Waals surface area contributed by atoms with Crippen LogP contribution in [0.4, 0.5) is 11.4 Å². The number of nitrogens with zero attached hydrogens (tertiary/aromatic N) is 2. The van der Waals surface area contributed by atoms with E-state index < -0.39 is 10.0 Å². The van der Waals surface area contributed by atoms with E-state index in [9.17, 15) is 18.0 Å². The summed E-state index contributed by atoms with van der Waals surface area (Å²) in [6.07, 6.45) is 5.94. The number of amides is 2. The second-order valence-corrected chi connectivity index (χ2v) is 11.0. The minimum Gasteiger partial charge on any atom is -0.339 e. The van der Waals surface area contributed by atoms with Gasteiger partial charge in [-0.15, -0.1) is 0 Å². The number of nitrogens with one attached hydrogen (secondary N) is 1. The fourth-order valence-electron chi connectivity index (χ4n) is 4.40. The molecule has 0 aromatic heterocycles. The maximum Gasteiger partial charge on any atom is 0.255 e. The lowest BCUT2D eigenvalue weighted by Gasteiger charge is -2.23. The normalized spacial score (nSPS) is 14.4. The third-order valence-electron chi connectivity index (χ3n) is 5.98. The van der Waals surface area contributed by atoms with Crippen LogP contribution in [0.15, 0.2) is 42.5 Å². The predicted octanol–water partition coefficient (Wildman–Crippen LogP) is 4.50. The molecule has 1 aliphatic heterocycles. The lowest BCUT2D eigenvalue weighted by Crippen LogP contribution is -2.33. The Morgan fingerprint density at radius 3 is 2.21 bits per heavy atom. The second kappa shape index (κ2) is 11.5. The lowest BCUT2D eigenvalue weighted by atomic mass is 10.1. The standard InChI is InChI=1S/C26H35N3O4S/c1-20-17-21(2)19-22(18-20)29(34(3,32)33)16-10-13-25(30)27-24-12-7-6-11-23(24)26(31)28-14-8-4-5-9-15-28/h6-7,11-12,17-19H,4-5,8-10,13-16H2,1-3H3,(H,27,30). The molecule has 1 N–H and O–H groups in total. The molecule has 0 aliphatic carbocycles. The average Bonchev–Trinajstić information content (AvgIpc) is 3.04. The maximum atomic E-state index is 13.1. The summed E-state index contributed by atoms with van der Waals surface area (Å²) in [5.74, 6) is -0.305. The van der Waals surface area contributed by atoms with Crippen LogP contribution in [0.1, 0.15) is 60.0 Å². The van der Waals surface area contributed by atoms with E-state index in [1.54, 1.807) is 24.3 Å². The molecule has 2 aromatic rings. The van der Waals surface area contributed by atoms with Gasteiger partial charge in [-0.3, -0.25) is 13.9 Å². The number of carbonyl (C=O) groups is 2. The summed E-state index contributed by atoms with van der Waals surface area (Å²) in [5, 5.41) is 2.86. The van der Waals surface area contributed by atoms with E-state index in [1.165, 1.54) is 10.6 Å². The van der Waals surface area contributed by atoms with E-state index in [4.69, 9.17) is 0 Å². The molecule has 7 nitrogen and oxygen atoms in total. The Hall–Kier alpha value is -2.87. The highest BCUT2D eigenvalue weighted by Crippen LogP contribution is 2.23. The zero-order chi connectivity index (χ0) is 24.7. The molecular weight excluding hydrogens is 450 g/mol. The molecule has 34 heavy (non-hydrogen) atoms. The van der Waals surface area contributed by atoms with Crippen molar-refractivity contribution < 1.29 is 18.0 Å². The van der Waals surface area contributed by atoms with Crippen molar-refractivity contribution in [1.29, 1.82) is 0 Å². The topological polar surface area (TPSA) is 86.8 Å². The number of hydrogen-bond donors (Lipinski definition) is 1. The number of anilines is 2. The van der Waals surface area contributed by atoms with E-state index >= 15 is 0 Å². The van der Waals surface area contributed by atoms with Crippen molar-refractivity contribution in [1.82, 2.24) is 4.90 Å². The summed E-state index contributed by atoms with van der Waals surface area (Å²) in [4.78, 5) is 27.6. The number of sulfonamides is 1. The number of rotatable bonds is 8. The summed E-state index contributed by atoms with van der Waals surface area (Å²) in [6.45, 7) is 5.52. The molecule has 1 fully saturated rings. The quantitative estimate of drug-likeness (QED) is 0.596. The van der Waals surface area contributed by atoms with E-state index in [-0.39, 0.29) is 24.8 Å². The van der Waals surface area contributed by atoms with Crippen molar-refractivity contribution in [2.24, 2.45) is 0 Å². The first kappa shape index (κ1) is 25.7. The van der Waals surface area contributed by atoms with Gasteiger partial charge in [0.2, 0.25) is 15.9 Å². The van der Waals surface area contributed by atoms with Gasteiger partial charge in [0.15, 0.2) is 0 Å². The van der Waals surface area contributed by atoms with Gasteiger partial charge in [-0.25, -0.2) is 8.42 Å². The SMILES string of the molecule is Cc1cc(C)cc(N(CCCC(=O)Nc2ccccc2C(=O)N2CCCCCC2)S(C)(=O)=O)c1. The first-order chi connectivity index (χ1) is 16.1. The largest absolute Gasteiger partial charge is 0.339 e. The molecule has 3 rings (SSSR count). The molecule has 0 saturated carbocycles. The third kappa shape index (κ3) is 7.06. The zero-order valence-electron chi connectivity index (χ0n) is 20.3. The molecule has 0 unspecified atom stereocenters. The van der Waals surface area contributed by atoms with Gasteiger partial charge in [0, 0.05) is 26.1 Å². The van der Waals surface area contributed by atoms with Crippen LogP contribution in [0.5, 0.6) is 0 Å². The Morgan fingerprint density at radius 2 is 1.59 bits per heavy atom. The van der Waals surface area contributed by atoms with Crippen LogP contribution in [-0.4, -0.2) is 51.0 Å². The fourth-order valence-corrected chi connectivity index (χ4v) is 5.35. The number of carbonyl (C=O) groups excluding carboxylic acids is 2. The molecule has 1 saturated heterocycles. The van der Waals surface area contributed by atoms with E-state index in [2.05, 4.69) is 5.32 Å². The molecule has 0 atom stereocenters. The molecule has 1 heterocycles. The summed E-state index contributed by atoms with van der Waals surface area (Å²) in [7, 11) is -3.49. The smallest absolute Gasteiger partial charge is 0.255 e. The van der Waals surface area contributed by atoms with Crippen LogP contribution in [-0.2, 0) is 14.8 Å². The van der Waals surface area contributed by atoms with E-state index in [1.807, 2.05) is 36.9 Å². The molecule has 8 heteroatoms. The highest BCUT2D eigenvalue weighted by Gasteiger charge is 2.21. The van der Waals surface area contributed by atoms with Gasteiger partial charge in [0.1, 0.15) is 0 Å². The van der Waals surface area contributed by atoms with Gasteiger partial charge in [-0.2, -0.15) is 0 Å². The molecule has 2 amide bonds. The molecular formula is C26H35N3O4S. The van der Waals surface area contributed by atoms with Crippen molar-refractivity contribution >= 4 is 33.2 Å². The second-order valence-electron chi connectivity index (χ2n) is 9.08. The number of hydrogen-bond acceptors (Lipinski definition) is 4. The summed E-state index contributed by atoms with van der Waals surface area (Å²) in [6, 6.07) is 12.7. The van der Waals surface area contributed by atoms with Crippen molar-refractivity contribution in [2.45, 2.75) is 52.4 Å². The third-order valence-corrected chi connectivity index (χ3v) is 7.18. The lowest BCUT2D eigenvalue weighted by molar-refractivity contribution is -0.116. The van der Waals surface area contributed by atoms with Crippen LogP contribution >= 0.6 is 0 Å². The Morgan fingerprint density at radius 1 is 0.971 bits per heavy atom. The van der Waals surface area contributed by atoms with Crippen LogP contribution in [0.25, 0.3) is 0 Å². The number of benzene rings is 2. The average molecular weight is 486 g/mol. The molecule has 0 spiro atoms. The molecule has 2 aromatic carbocycles. The van der Waals surface area contributed by atoms with Gasteiger partial charge >= 0.3 is 0 Å². The molecule has 184 valence electrons. The van der Waals surface area contributed by atoms with Crippen molar-refractivity contribution in [3.8, 4) is 0 Å². The maximum absolute atomic E-state index is 13.1. The Labute approximate surface area is 203 Å². The minimum absolute atomic E-state index is 0.0594. The highest BCUT2D eigenvalue weighted by molar-refractivity contribution is 7.92. The number of para-hydroxylation sites is 1. The predicted molar refractivity (Wildman–Crippen MR) is 137 cm³/mol. The van der Waals surface area contributed by atoms with Crippen LogP contribution in [0.2, 0.25) is 0 Å². The Kier molecular flexibility index (Phi) is 8.72. The van der Waals surface area contributed by atoms with Gasteiger partial charge < -0.3 is 10.2 Å². The monoisotopic (exact) mass is 485 g/mol. The fraction of sp³-hybridized carbons (Fsp3) is 0.462. The summed E-state index contributed by atoms with van der Waals surface area (Å²) >= 11 is 0. The highest BCUT2D eigenvalue weighted by atomic mass is 32.2.